The summed E-state index contributed by atoms with van der Waals surface area (Å²) in [4.78, 5) is 20.1. The second-order valence-corrected chi connectivity index (χ2v) is 8.43. The second kappa shape index (κ2) is 9.69. The number of nitrogens with zero attached hydrogens (tertiary/aromatic N) is 3. The number of fused-ring (bicyclic) bond motifs is 1. The minimum atomic E-state index is -5.08. The van der Waals surface area contributed by atoms with Crippen LogP contribution < -0.4 is 10.6 Å². The standard InChI is InChI=1S/C16H17ClN6OS.C2HF3O2/c1-8(24)19-10-3-2-9(6-10)15-22-23-16(25-15)20-13-5-4-12-11(14(13)17)7-18-21-12;3-2(4,5)1(6)7/h4-5,7,9-10H,2-3,6H2,1H3,(H,18,21)(H,19,24)(H,20,23);(H,6,7). The number of aliphatic carboxylic acids is 1. The SMILES string of the molecule is CC(=O)NC1CCC(c2nnc(Nc3ccc4[nH]ncc4c3Cl)s2)C1.O=C(O)C(F)(F)F. The quantitative estimate of drug-likeness (QED) is 0.430. The summed E-state index contributed by atoms with van der Waals surface area (Å²) in [5.74, 6) is -2.39. The highest BCUT2D eigenvalue weighted by Crippen LogP contribution is 2.38. The minimum Gasteiger partial charge on any atom is -0.475 e. The van der Waals surface area contributed by atoms with Crippen LogP contribution in [0.1, 0.15) is 37.1 Å². The zero-order chi connectivity index (χ0) is 23.5. The molecule has 2 aromatic heterocycles. The number of H-pyrrole nitrogens is 1. The number of aromatic nitrogens is 4. The molecule has 0 spiro atoms. The third-order valence-electron chi connectivity index (χ3n) is 4.67. The number of amides is 1. The molecule has 14 heteroatoms. The van der Waals surface area contributed by atoms with Crippen LogP contribution in [0.25, 0.3) is 10.9 Å². The number of benzene rings is 1. The molecule has 2 unspecified atom stereocenters. The molecule has 1 aliphatic rings. The van der Waals surface area contributed by atoms with Gasteiger partial charge in [-0.05, 0) is 31.4 Å². The van der Waals surface area contributed by atoms with Gasteiger partial charge in [0.05, 0.1) is 22.4 Å². The topological polar surface area (TPSA) is 133 Å². The number of anilines is 2. The van der Waals surface area contributed by atoms with E-state index in [2.05, 4.69) is 31.0 Å². The van der Waals surface area contributed by atoms with Crippen LogP contribution in [-0.4, -0.2) is 49.6 Å². The number of hydrogen-bond donors (Lipinski definition) is 4. The summed E-state index contributed by atoms with van der Waals surface area (Å²) in [6.07, 6.45) is -0.470. The average molecular weight is 491 g/mol. The van der Waals surface area contributed by atoms with Gasteiger partial charge in [0.2, 0.25) is 11.0 Å². The van der Waals surface area contributed by atoms with E-state index in [0.29, 0.717) is 16.1 Å². The largest absolute Gasteiger partial charge is 0.490 e. The van der Waals surface area contributed by atoms with Crippen LogP contribution in [0, 0.1) is 0 Å². The van der Waals surface area contributed by atoms with E-state index in [9.17, 15) is 18.0 Å². The number of hydrogen-bond acceptors (Lipinski definition) is 7. The van der Waals surface area contributed by atoms with Gasteiger partial charge < -0.3 is 15.7 Å². The summed E-state index contributed by atoms with van der Waals surface area (Å²) < 4.78 is 31.7. The summed E-state index contributed by atoms with van der Waals surface area (Å²) >= 11 is 7.96. The van der Waals surface area contributed by atoms with Crippen LogP contribution in [0.4, 0.5) is 24.0 Å². The highest BCUT2D eigenvalue weighted by atomic mass is 35.5. The average Bonchev–Trinajstić information content (AvgIpc) is 3.44. The fraction of sp³-hybridized carbons (Fsp3) is 0.389. The van der Waals surface area contributed by atoms with Crippen molar-refractivity contribution in [2.45, 2.75) is 44.3 Å². The number of aromatic amines is 1. The first kappa shape index (κ1) is 23.7. The van der Waals surface area contributed by atoms with E-state index in [0.717, 1.165) is 40.9 Å². The van der Waals surface area contributed by atoms with Crippen molar-refractivity contribution in [3.63, 3.8) is 0 Å². The molecule has 9 nitrogen and oxygen atoms in total. The van der Waals surface area contributed by atoms with Gasteiger partial charge in [0.25, 0.3) is 0 Å². The van der Waals surface area contributed by atoms with Gasteiger partial charge in [-0.3, -0.25) is 9.89 Å². The zero-order valence-corrected chi connectivity index (χ0v) is 18.1. The van der Waals surface area contributed by atoms with E-state index >= 15 is 0 Å². The van der Waals surface area contributed by atoms with Crippen molar-refractivity contribution in [1.82, 2.24) is 25.7 Å². The summed E-state index contributed by atoms with van der Waals surface area (Å²) in [6, 6.07) is 4.06. The Morgan fingerprint density at radius 2 is 2.00 bits per heavy atom. The molecule has 1 amide bonds. The molecule has 32 heavy (non-hydrogen) atoms. The number of carbonyl (C=O) groups excluding carboxylic acids is 1. The summed E-state index contributed by atoms with van der Waals surface area (Å²) in [5.41, 5.74) is 1.67. The second-order valence-electron chi connectivity index (χ2n) is 7.04. The lowest BCUT2D eigenvalue weighted by atomic mass is 10.1. The molecule has 2 atom stereocenters. The zero-order valence-electron chi connectivity index (χ0n) is 16.5. The van der Waals surface area contributed by atoms with Gasteiger partial charge in [-0.2, -0.15) is 18.3 Å². The van der Waals surface area contributed by atoms with Crippen molar-refractivity contribution in [2.24, 2.45) is 0 Å². The molecule has 3 aromatic rings. The third-order valence-corrected chi connectivity index (χ3v) is 6.08. The fourth-order valence-electron chi connectivity index (χ4n) is 3.27. The van der Waals surface area contributed by atoms with Gasteiger partial charge >= 0.3 is 12.1 Å². The molecule has 1 fully saturated rings. The minimum absolute atomic E-state index is 0.0227. The van der Waals surface area contributed by atoms with Crippen LogP contribution >= 0.6 is 22.9 Å². The van der Waals surface area contributed by atoms with Crippen molar-refractivity contribution >= 4 is 56.5 Å². The molecule has 1 aliphatic carbocycles. The molecular formula is C18H18ClF3N6O3S. The molecule has 2 heterocycles. The number of carbonyl (C=O) groups is 2. The first-order chi connectivity index (χ1) is 15.0. The van der Waals surface area contributed by atoms with Gasteiger partial charge in [-0.25, -0.2) is 4.79 Å². The molecule has 0 saturated heterocycles. The molecule has 1 aromatic carbocycles. The fourth-order valence-corrected chi connectivity index (χ4v) is 4.43. The van der Waals surface area contributed by atoms with Crippen LogP contribution in [0.15, 0.2) is 18.3 Å². The predicted molar refractivity (Wildman–Crippen MR) is 112 cm³/mol. The first-order valence-electron chi connectivity index (χ1n) is 9.33. The predicted octanol–water partition coefficient (Wildman–Crippen LogP) is 4.22. The van der Waals surface area contributed by atoms with Crippen molar-refractivity contribution in [1.29, 1.82) is 0 Å². The van der Waals surface area contributed by atoms with Crippen molar-refractivity contribution in [2.75, 3.05) is 5.32 Å². The van der Waals surface area contributed by atoms with E-state index in [4.69, 9.17) is 21.5 Å². The van der Waals surface area contributed by atoms with Crippen molar-refractivity contribution in [3.05, 3.63) is 28.4 Å². The summed E-state index contributed by atoms with van der Waals surface area (Å²) in [6.45, 7) is 1.56. The number of rotatable bonds is 4. The van der Waals surface area contributed by atoms with Crippen LogP contribution in [-0.2, 0) is 9.59 Å². The van der Waals surface area contributed by atoms with E-state index in [1.165, 1.54) is 11.3 Å². The molecule has 172 valence electrons. The maximum Gasteiger partial charge on any atom is 0.490 e. The Hall–Kier alpha value is -2.93. The Balaban J connectivity index is 0.000000360. The molecule has 4 rings (SSSR count). The Morgan fingerprint density at radius 3 is 2.66 bits per heavy atom. The molecule has 1 saturated carbocycles. The van der Waals surface area contributed by atoms with Crippen molar-refractivity contribution < 1.29 is 27.9 Å². The number of nitrogens with one attached hydrogen (secondary N) is 3. The normalized spacial score (nSPS) is 18.2. The van der Waals surface area contributed by atoms with Crippen molar-refractivity contribution in [3.8, 4) is 0 Å². The molecule has 0 radical (unpaired) electrons. The molecule has 0 aliphatic heterocycles. The monoisotopic (exact) mass is 490 g/mol. The number of alkyl halides is 3. The Morgan fingerprint density at radius 1 is 1.28 bits per heavy atom. The molecular weight excluding hydrogens is 473 g/mol. The highest BCUT2D eigenvalue weighted by molar-refractivity contribution is 7.15. The van der Waals surface area contributed by atoms with E-state index < -0.39 is 12.1 Å². The summed E-state index contributed by atoms with van der Waals surface area (Å²) in [5, 5.41) is 32.0. The lowest BCUT2D eigenvalue weighted by Gasteiger charge is -2.10. The van der Waals surface area contributed by atoms with Gasteiger partial charge in [0.1, 0.15) is 5.01 Å². The van der Waals surface area contributed by atoms with Crippen LogP contribution in [0.5, 0.6) is 0 Å². The van der Waals surface area contributed by atoms with Gasteiger partial charge in [0.15, 0.2) is 0 Å². The number of halogens is 4. The highest BCUT2D eigenvalue weighted by Gasteiger charge is 2.38. The smallest absolute Gasteiger partial charge is 0.475 e. The Kier molecular flexibility index (Phi) is 7.19. The number of carboxylic acids is 1. The number of carboxylic acid groups (broad SMARTS) is 1. The van der Waals surface area contributed by atoms with Gasteiger partial charge in [-0.1, -0.05) is 22.9 Å². The van der Waals surface area contributed by atoms with E-state index in [1.54, 1.807) is 13.1 Å². The maximum atomic E-state index is 11.2. The van der Waals surface area contributed by atoms with Gasteiger partial charge in [-0.15, -0.1) is 10.2 Å². The first-order valence-corrected chi connectivity index (χ1v) is 10.5. The Labute approximate surface area is 188 Å². The molecule has 4 N–H and O–H groups in total. The van der Waals surface area contributed by atoms with E-state index in [1.807, 2.05) is 12.1 Å². The lowest BCUT2D eigenvalue weighted by Crippen LogP contribution is -2.30. The molecule has 0 bridgehead atoms. The van der Waals surface area contributed by atoms with Gasteiger partial charge in [0, 0.05) is 24.3 Å². The maximum absolute atomic E-state index is 11.2. The van der Waals surface area contributed by atoms with Crippen LogP contribution in [0.3, 0.4) is 0 Å². The third kappa shape index (κ3) is 5.85. The lowest BCUT2D eigenvalue weighted by molar-refractivity contribution is -0.192. The van der Waals surface area contributed by atoms with E-state index in [-0.39, 0.29) is 11.9 Å². The Bertz CT molecular complexity index is 1120. The van der Waals surface area contributed by atoms with Crippen LogP contribution in [0.2, 0.25) is 5.02 Å². The summed E-state index contributed by atoms with van der Waals surface area (Å²) in [7, 11) is 0.